The van der Waals surface area contributed by atoms with E-state index in [-0.39, 0.29) is 18.6 Å². The molecular formula is C11H20N4O2. The van der Waals surface area contributed by atoms with E-state index < -0.39 is 0 Å². The van der Waals surface area contributed by atoms with Gasteiger partial charge in [0.25, 0.3) is 0 Å². The number of hydrogen-bond acceptors (Lipinski definition) is 6. The summed E-state index contributed by atoms with van der Waals surface area (Å²) in [4.78, 5) is 7.90. The number of aliphatic hydroxyl groups is 1. The van der Waals surface area contributed by atoms with Crippen molar-refractivity contribution in [2.45, 2.75) is 26.3 Å². The van der Waals surface area contributed by atoms with Crippen molar-refractivity contribution in [3.63, 3.8) is 0 Å². The van der Waals surface area contributed by atoms with Gasteiger partial charge in [0, 0.05) is 0 Å². The predicted octanol–water partition coefficient (Wildman–Crippen LogP) is 0.886. The molecule has 0 amide bonds. The summed E-state index contributed by atoms with van der Waals surface area (Å²) in [5, 5.41) is 12.4. The van der Waals surface area contributed by atoms with Crippen molar-refractivity contribution in [3.05, 3.63) is 6.20 Å². The lowest BCUT2D eigenvalue weighted by atomic mass is 10.0. The molecular weight excluding hydrogens is 220 g/mol. The summed E-state index contributed by atoms with van der Waals surface area (Å²) in [6, 6.07) is -0.0711. The first-order valence-electron chi connectivity index (χ1n) is 5.60. The van der Waals surface area contributed by atoms with Crippen molar-refractivity contribution in [2.75, 3.05) is 24.8 Å². The van der Waals surface area contributed by atoms with Crippen molar-refractivity contribution in [2.24, 2.45) is 5.92 Å². The van der Waals surface area contributed by atoms with Gasteiger partial charge < -0.3 is 20.9 Å². The van der Waals surface area contributed by atoms with Gasteiger partial charge in [-0.15, -0.1) is 0 Å². The van der Waals surface area contributed by atoms with Crippen molar-refractivity contribution in [1.82, 2.24) is 9.97 Å². The van der Waals surface area contributed by atoms with Crippen LogP contribution in [0.25, 0.3) is 0 Å². The van der Waals surface area contributed by atoms with Gasteiger partial charge in [0.15, 0.2) is 11.6 Å². The molecule has 96 valence electrons. The lowest BCUT2D eigenvalue weighted by molar-refractivity contribution is 0.258. The molecule has 6 heteroatoms. The van der Waals surface area contributed by atoms with Gasteiger partial charge in [-0.05, 0) is 12.3 Å². The second kappa shape index (κ2) is 6.24. The fourth-order valence-corrected chi connectivity index (χ4v) is 1.58. The summed E-state index contributed by atoms with van der Waals surface area (Å²) >= 11 is 0. The highest BCUT2D eigenvalue weighted by Crippen LogP contribution is 2.22. The molecule has 4 N–H and O–H groups in total. The molecule has 1 aromatic rings. The standard InChI is InChI=1S/C11H20N4O2/c1-7(2)4-8(6-16)14-10-9(17-3)5-13-11(12)15-10/h5,7-8,16H,4,6H2,1-3H3,(H3,12,13,14,15)/t8-/m0/s1. The zero-order valence-electron chi connectivity index (χ0n) is 10.5. The Kier molecular flexibility index (Phi) is 4.96. The van der Waals surface area contributed by atoms with E-state index in [4.69, 9.17) is 10.5 Å². The number of hydrogen-bond donors (Lipinski definition) is 3. The molecule has 0 radical (unpaired) electrons. The highest BCUT2D eigenvalue weighted by Gasteiger charge is 2.14. The molecule has 0 saturated heterocycles. The molecule has 0 aliphatic carbocycles. The van der Waals surface area contributed by atoms with Crippen molar-refractivity contribution < 1.29 is 9.84 Å². The number of nitrogens with two attached hydrogens (primary N) is 1. The first kappa shape index (κ1) is 13.5. The number of nitrogen functional groups attached to an aromatic ring is 1. The number of rotatable bonds is 6. The lowest BCUT2D eigenvalue weighted by Crippen LogP contribution is -2.26. The largest absolute Gasteiger partial charge is 0.491 e. The zero-order valence-corrected chi connectivity index (χ0v) is 10.5. The Bertz CT molecular complexity index is 357. The van der Waals surface area contributed by atoms with E-state index in [1.54, 1.807) is 0 Å². The van der Waals surface area contributed by atoms with E-state index >= 15 is 0 Å². The van der Waals surface area contributed by atoms with Crippen LogP contribution in [-0.4, -0.2) is 34.8 Å². The van der Waals surface area contributed by atoms with Gasteiger partial charge in [-0.25, -0.2) is 4.98 Å². The van der Waals surface area contributed by atoms with E-state index in [0.29, 0.717) is 17.5 Å². The molecule has 0 saturated carbocycles. The normalized spacial score (nSPS) is 12.5. The van der Waals surface area contributed by atoms with Crippen LogP contribution in [0.3, 0.4) is 0 Å². The van der Waals surface area contributed by atoms with Crippen LogP contribution in [0.15, 0.2) is 6.20 Å². The van der Waals surface area contributed by atoms with Crippen molar-refractivity contribution >= 4 is 11.8 Å². The predicted molar refractivity (Wildman–Crippen MR) is 66.9 cm³/mol. The summed E-state index contributed by atoms with van der Waals surface area (Å²) in [6.45, 7) is 4.22. The van der Waals surface area contributed by atoms with Crippen LogP contribution in [0, 0.1) is 5.92 Å². The molecule has 6 nitrogen and oxygen atoms in total. The lowest BCUT2D eigenvalue weighted by Gasteiger charge is -2.20. The van der Waals surface area contributed by atoms with Crippen LogP contribution in [-0.2, 0) is 0 Å². The van der Waals surface area contributed by atoms with Gasteiger partial charge in [-0.3, -0.25) is 0 Å². The number of nitrogens with zero attached hydrogens (tertiary/aromatic N) is 2. The Labute approximate surface area is 101 Å². The Morgan fingerprint density at radius 1 is 1.53 bits per heavy atom. The molecule has 1 aromatic heterocycles. The summed E-state index contributed by atoms with van der Waals surface area (Å²) in [5.41, 5.74) is 5.52. The third kappa shape index (κ3) is 4.07. The van der Waals surface area contributed by atoms with Crippen LogP contribution in [0.4, 0.5) is 11.8 Å². The smallest absolute Gasteiger partial charge is 0.222 e. The third-order valence-electron chi connectivity index (χ3n) is 2.31. The second-order valence-electron chi connectivity index (χ2n) is 4.30. The minimum absolute atomic E-state index is 0.0330. The third-order valence-corrected chi connectivity index (χ3v) is 2.31. The Morgan fingerprint density at radius 3 is 2.76 bits per heavy atom. The van der Waals surface area contributed by atoms with Gasteiger partial charge in [0.1, 0.15) is 0 Å². The van der Waals surface area contributed by atoms with E-state index in [2.05, 4.69) is 29.1 Å². The minimum Gasteiger partial charge on any atom is -0.491 e. The highest BCUT2D eigenvalue weighted by atomic mass is 16.5. The fraction of sp³-hybridized carbons (Fsp3) is 0.636. The number of anilines is 2. The molecule has 0 bridgehead atoms. The molecule has 1 atom stereocenters. The van der Waals surface area contributed by atoms with Gasteiger partial charge in [0.05, 0.1) is 26.0 Å². The molecule has 0 aromatic carbocycles. The number of ether oxygens (including phenoxy) is 1. The summed E-state index contributed by atoms with van der Waals surface area (Å²) in [5.74, 6) is 1.68. The molecule has 0 spiro atoms. The maximum atomic E-state index is 9.29. The Hall–Kier alpha value is -1.56. The minimum atomic E-state index is -0.0711. The quantitative estimate of drug-likeness (QED) is 0.683. The summed E-state index contributed by atoms with van der Waals surface area (Å²) in [6.07, 6.45) is 2.35. The fourth-order valence-electron chi connectivity index (χ4n) is 1.58. The maximum Gasteiger partial charge on any atom is 0.222 e. The number of methoxy groups -OCH3 is 1. The van der Waals surface area contributed by atoms with Crippen LogP contribution >= 0.6 is 0 Å². The number of aromatic nitrogens is 2. The SMILES string of the molecule is COc1cnc(N)nc1N[C@H](CO)CC(C)C. The first-order chi connectivity index (χ1) is 8.06. The second-order valence-corrected chi connectivity index (χ2v) is 4.30. The van der Waals surface area contributed by atoms with E-state index in [1.807, 2.05) is 0 Å². The molecule has 0 aliphatic heterocycles. The molecule has 0 fully saturated rings. The van der Waals surface area contributed by atoms with Gasteiger partial charge in [-0.2, -0.15) is 4.98 Å². The van der Waals surface area contributed by atoms with E-state index in [1.165, 1.54) is 13.3 Å². The summed E-state index contributed by atoms with van der Waals surface area (Å²) in [7, 11) is 1.54. The van der Waals surface area contributed by atoms with Gasteiger partial charge >= 0.3 is 0 Å². The van der Waals surface area contributed by atoms with Crippen LogP contribution in [0.1, 0.15) is 20.3 Å². The number of aliphatic hydroxyl groups excluding tert-OH is 1. The van der Waals surface area contributed by atoms with Crippen LogP contribution < -0.4 is 15.8 Å². The molecule has 0 unspecified atom stereocenters. The molecule has 17 heavy (non-hydrogen) atoms. The van der Waals surface area contributed by atoms with Gasteiger partial charge in [0.2, 0.25) is 5.95 Å². The maximum absolute atomic E-state index is 9.29. The first-order valence-corrected chi connectivity index (χ1v) is 5.60. The molecule has 1 rings (SSSR count). The molecule has 0 aliphatic rings. The van der Waals surface area contributed by atoms with Crippen LogP contribution in [0.2, 0.25) is 0 Å². The van der Waals surface area contributed by atoms with Crippen LogP contribution in [0.5, 0.6) is 5.75 Å². The van der Waals surface area contributed by atoms with Crippen molar-refractivity contribution in [3.8, 4) is 5.75 Å². The highest BCUT2D eigenvalue weighted by molar-refractivity contribution is 5.51. The van der Waals surface area contributed by atoms with E-state index in [0.717, 1.165) is 6.42 Å². The average molecular weight is 240 g/mol. The Morgan fingerprint density at radius 2 is 2.24 bits per heavy atom. The monoisotopic (exact) mass is 240 g/mol. The Balaban J connectivity index is 2.80. The molecule has 1 heterocycles. The summed E-state index contributed by atoms with van der Waals surface area (Å²) < 4.78 is 5.13. The number of nitrogens with one attached hydrogen (secondary N) is 1. The topological polar surface area (TPSA) is 93.3 Å². The zero-order chi connectivity index (χ0) is 12.8. The van der Waals surface area contributed by atoms with Crippen molar-refractivity contribution in [1.29, 1.82) is 0 Å². The van der Waals surface area contributed by atoms with Gasteiger partial charge in [-0.1, -0.05) is 13.8 Å². The van der Waals surface area contributed by atoms with E-state index in [9.17, 15) is 5.11 Å². The average Bonchev–Trinajstić information content (AvgIpc) is 2.28.